The molecule has 0 amide bonds. The second-order valence-electron chi connectivity index (χ2n) is 3.97. The lowest BCUT2D eigenvalue weighted by Gasteiger charge is -2.15. The smallest absolute Gasteiger partial charge is 0.345 e. The molecule has 7 heteroatoms. The fourth-order valence-electron chi connectivity index (χ4n) is 1.55. The third-order valence-corrected chi connectivity index (χ3v) is 5.12. The maximum absolute atomic E-state index is 12.0. The first kappa shape index (κ1) is 15.1. The van der Waals surface area contributed by atoms with Crippen LogP contribution in [-0.4, -0.2) is 25.5 Å². The SMILES string of the molecule is CCCC(CC)NS(=O)(=O)c1csc(C(=O)O)c1. The molecule has 5 nitrogen and oxygen atoms in total. The highest BCUT2D eigenvalue weighted by Gasteiger charge is 2.21. The predicted molar refractivity (Wildman–Crippen MR) is 70.6 cm³/mol. The van der Waals surface area contributed by atoms with Crippen molar-refractivity contribution >= 4 is 27.3 Å². The van der Waals surface area contributed by atoms with E-state index in [0.29, 0.717) is 6.42 Å². The van der Waals surface area contributed by atoms with Gasteiger partial charge in [-0.25, -0.2) is 17.9 Å². The van der Waals surface area contributed by atoms with Crippen LogP contribution in [0, 0.1) is 0 Å². The van der Waals surface area contributed by atoms with Crippen molar-refractivity contribution in [3.63, 3.8) is 0 Å². The molecular weight excluding hydrogens is 274 g/mol. The molecule has 1 unspecified atom stereocenters. The van der Waals surface area contributed by atoms with Crippen molar-refractivity contribution in [3.05, 3.63) is 16.3 Å². The molecule has 18 heavy (non-hydrogen) atoms. The van der Waals surface area contributed by atoms with Crippen LogP contribution < -0.4 is 4.72 Å². The summed E-state index contributed by atoms with van der Waals surface area (Å²) in [6.07, 6.45) is 2.37. The third kappa shape index (κ3) is 3.79. The van der Waals surface area contributed by atoms with Gasteiger partial charge in [0.05, 0.1) is 4.90 Å². The molecule has 0 fully saturated rings. The molecule has 1 aromatic heterocycles. The third-order valence-electron chi connectivity index (χ3n) is 2.55. The van der Waals surface area contributed by atoms with Crippen molar-refractivity contribution in [1.29, 1.82) is 0 Å². The zero-order valence-electron chi connectivity index (χ0n) is 10.3. The normalized spacial score (nSPS) is 13.4. The molecule has 0 saturated carbocycles. The van der Waals surface area contributed by atoms with Crippen LogP contribution in [-0.2, 0) is 10.0 Å². The van der Waals surface area contributed by atoms with Crippen molar-refractivity contribution in [2.24, 2.45) is 0 Å². The molecule has 1 aromatic rings. The van der Waals surface area contributed by atoms with Crippen molar-refractivity contribution in [1.82, 2.24) is 4.72 Å². The van der Waals surface area contributed by atoms with Crippen LogP contribution in [0.15, 0.2) is 16.3 Å². The lowest BCUT2D eigenvalue weighted by atomic mass is 10.1. The fourth-order valence-corrected chi connectivity index (χ4v) is 4.02. The number of sulfonamides is 1. The van der Waals surface area contributed by atoms with Gasteiger partial charge in [0, 0.05) is 11.4 Å². The molecule has 102 valence electrons. The number of rotatable bonds is 7. The first-order valence-corrected chi connectivity index (χ1v) is 8.11. The Kier molecular flexibility index (Phi) is 5.30. The number of carboxylic acid groups (broad SMARTS) is 1. The Bertz CT molecular complexity index is 507. The minimum Gasteiger partial charge on any atom is -0.477 e. The van der Waals surface area contributed by atoms with Gasteiger partial charge in [-0.05, 0) is 18.9 Å². The number of carbonyl (C=O) groups is 1. The molecule has 1 atom stereocenters. The minimum absolute atomic E-state index is 0.0268. The van der Waals surface area contributed by atoms with Gasteiger partial charge in [0.15, 0.2) is 0 Å². The van der Waals surface area contributed by atoms with Crippen LogP contribution in [0.5, 0.6) is 0 Å². The number of aromatic carboxylic acids is 1. The Labute approximate surface area is 111 Å². The van der Waals surface area contributed by atoms with Crippen LogP contribution in [0.4, 0.5) is 0 Å². The monoisotopic (exact) mass is 291 g/mol. The Hall–Kier alpha value is -0.920. The van der Waals surface area contributed by atoms with Crippen LogP contribution in [0.25, 0.3) is 0 Å². The van der Waals surface area contributed by atoms with E-state index in [-0.39, 0.29) is 15.8 Å². The van der Waals surface area contributed by atoms with Gasteiger partial charge in [-0.2, -0.15) is 0 Å². The summed E-state index contributed by atoms with van der Waals surface area (Å²) in [7, 11) is -3.61. The van der Waals surface area contributed by atoms with Gasteiger partial charge in [-0.3, -0.25) is 0 Å². The molecule has 1 heterocycles. The number of thiophene rings is 1. The van der Waals surface area contributed by atoms with Crippen LogP contribution in [0.3, 0.4) is 0 Å². The molecule has 0 bridgehead atoms. The van der Waals surface area contributed by atoms with E-state index < -0.39 is 16.0 Å². The quantitative estimate of drug-likeness (QED) is 0.807. The maximum Gasteiger partial charge on any atom is 0.345 e. The van der Waals surface area contributed by atoms with E-state index in [4.69, 9.17) is 5.11 Å². The van der Waals surface area contributed by atoms with Gasteiger partial charge in [-0.15, -0.1) is 11.3 Å². The molecule has 0 saturated heterocycles. The van der Waals surface area contributed by atoms with Crippen molar-refractivity contribution in [3.8, 4) is 0 Å². The average Bonchev–Trinajstić information content (AvgIpc) is 2.78. The average molecular weight is 291 g/mol. The van der Waals surface area contributed by atoms with Crippen LogP contribution in [0.1, 0.15) is 42.8 Å². The Morgan fingerprint density at radius 2 is 2.17 bits per heavy atom. The standard InChI is InChI=1S/C11H17NO4S2/c1-3-5-8(4-2)12-18(15,16)9-6-10(11(13)14)17-7-9/h6-8,12H,3-5H2,1-2H3,(H,13,14). The zero-order valence-corrected chi connectivity index (χ0v) is 12.0. The number of hydrogen-bond acceptors (Lipinski definition) is 4. The first-order valence-electron chi connectivity index (χ1n) is 5.74. The van der Waals surface area contributed by atoms with E-state index in [9.17, 15) is 13.2 Å². The summed E-state index contributed by atoms with van der Waals surface area (Å²) in [5.41, 5.74) is 0. The molecule has 0 aliphatic carbocycles. The van der Waals surface area contributed by atoms with E-state index in [2.05, 4.69) is 4.72 Å². The summed E-state index contributed by atoms with van der Waals surface area (Å²) in [5.74, 6) is -1.11. The summed E-state index contributed by atoms with van der Waals surface area (Å²) in [6.45, 7) is 3.91. The molecule has 0 aromatic carbocycles. The molecule has 1 rings (SSSR count). The van der Waals surface area contributed by atoms with Gasteiger partial charge in [0.25, 0.3) is 0 Å². The highest BCUT2D eigenvalue weighted by molar-refractivity contribution is 7.89. The van der Waals surface area contributed by atoms with Gasteiger partial charge in [-0.1, -0.05) is 20.3 Å². The summed E-state index contributed by atoms with van der Waals surface area (Å²) < 4.78 is 26.6. The van der Waals surface area contributed by atoms with Crippen molar-refractivity contribution in [2.75, 3.05) is 0 Å². The van der Waals surface area contributed by atoms with Gasteiger partial charge >= 0.3 is 5.97 Å². The molecular formula is C11H17NO4S2. The zero-order chi connectivity index (χ0) is 13.8. The summed E-state index contributed by atoms with van der Waals surface area (Å²) in [4.78, 5) is 10.8. The largest absolute Gasteiger partial charge is 0.477 e. The van der Waals surface area contributed by atoms with Gasteiger partial charge in [0.2, 0.25) is 10.0 Å². The second kappa shape index (κ2) is 6.31. The fraction of sp³-hybridized carbons (Fsp3) is 0.545. The predicted octanol–water partition coefficient (Wildman–Crippen LogP) is 2.30. The highest BCUT2D eigenvalue weighted by Crippen LogP contribution is 2.20. The Morgan fingerprint density at radius 1 is 1.50 bits per heavy atom. The van der Waals surface area contributed by atoms with E-state index in [0.717, 1.165) is 24.2 Å². The lowest BCUT2D eigenvalue weighted by Crippen LogP contribution is -2.34. The molecule has 2 N–H and O–H groups in total. The second-order valence-corrected chi connectivity index (χ2v) is 6.59. The number of hydrogen-bond donors (Lipinski definition) is 2. The molecule has 0 radical (unpaired) electrons. The summed E-state index contributed by atoms with van der Waals surface area (Å²) >= 11 is 0.914. The summed E-state index contributed by atoms with van der Waals surface area (Å²) in [5, 5.41) is 10.1. The van der Waals surface area contributed by atoms with E-state index in [1.165, 1.54) is 11.4 Å². The molecule has 0 aliphatic heterocycles. The van der Waals surface area contributed by atoms with Crippen molar-refractivity contribution in [2.45, 2.75) is 44.0 Å². The van der Waals surface area contributed by atoms with Crippen molar-refractivity contribution < 1.29 is 18.3 Å². The Balaban J connectivity index is 2.88. The van der Waals surface area contributed by atoms with Gasteiger partial charge in [0.1, 0.15) is 4.88 Å². The first-order chi connectivity index (χ1) is 8.40. The minimum atomic E-state index is -3.61. The van der Waals surface area contributed by atoms with Crippen LogP contribution in [0.2, 0.25) is 0 Å². The van der Waals surface area contributed by atoms with E-state index >= 15 is 0 Å². The number of nitrogens with one attached hydrogen (secondary N) is 1. The molecule has 0 spiro atoms. The molecule has 0 aliphatic rings. The highest BCUT2D eigenvalue weighted by atomic mass is 32.2. The lowest BCUT2D eigenvalue weighted by molar-refractivity contribution is 0.0702. The maximum atomic E-state index is 12.0. The van der Waals surface area contributed by atoms with Gasteiger partial charge < -0.3 is 5.11 Å². The number of carboxylic acids is 1. The topological polar surface area (TPSA) is 83.5 Å². The summed E-state index contributed by atoms with van der Waals surface area (Å²) in [6, 6.07) is 1.08. The van der Waals surface area contributed by atoms with Crippen LogP contribution >= 0.6 is 11.3 Å². The Morgan fingerprint density at radius 3 is 2.61 bits per heavy atom. The van der Waals surface area contributed by atoms with E-state index in [1.807, 2.05) is 13.8 Å². The van der Waals surface area contributed by atoms with E-state index in [1.54, 1.807) is 0 Å².